The number of nitrogens with zero attached hydrogens (tertiary/aromatic N) is 1. The zero-order chi connectivity index (χ0) is 25.3. The highest BCUT2D eigenvalue weighted by Gasteiger charge is 2.54. The van der Waals surface area contributed by atoms with Crippen molar-refractivity contribution >= 4 is 22.5 Å². The van der Waals surface area contributed by atoms with Crippen LogP contribution in [0.15, 0.2) is 72.9 Å². The molecule has 6 nitrogen and oxygen atoms in total. The number of rotatable bonds is 9. The van der Waals surface area contributed by atoms with Gasteiger partial charge in [-0.2, -0.15) is 0 Å². The van der Waals surface area contributed by atoms with Crippen molar-refractivity contribution in [2.75, 3.05) is 7.11 Å². The van der Waals surface area contributed by atoms with E-state index < -0.39 is 5.41 Å². The molecule has 182 valence electrons. The molecule has 6 heteroatoms. The van der Waals surface area contributed by atoms with Gasteiger partial charge in [-0.25, -0.2) is 0 Å². The number of benzene rings is 3. The van der Waals surface area contributed by atoms with Crippen molar-refractivity contribution in [2.45, 2.75) is 32.6 Å². The van der Waals surface area contributed by atoms with Crippen molar-refractivity contribution in [2.24, 2.45) is 5.41 Å². The van der Waals surface area contributed by atoms with E-state index in [1.807, 2.05) is 43.3 Å². The van der Waals surface area contributed by atoms with Crippen LogP contribution in [-0.2, 0) is 22.4 Å². The van der Waals surface area contributed by atoms with Gasteiger partial charge in [0.25, 0.3) is 0 Å². The molecule has 3 aromatic carbocycles. The predicted octanol–water partition coefficient (Wildman–Crippen LogP) is 5.75. The Labute approximate surface area is 209 Å². The standard InChI is InChI=1S/C30H27NO5/c1-19-3-5-20(6-4-19)15-28(33)30(12-13-30)29(34)16-21-7-9-22(10-8-21)36-26-11-14-31-24-18-27(35-2)25(32)17-23(24)26/h3-11,14,17-18,32H,12-13,15-16H2,1-2H3. The second kappa shape index (κ2) is 9.46. The number of aryl methyl sites for hydroxylation is 1. The number of fused-ring (bicyclic) bond motifs is 1. The fourth-order valence-electron chi connectivity index (χ4n) is 4.44. The van der Waals surface area contributed by atoms with E-state index >= 15 is 0 Å². The number of pyridine rings is 1. The number of ketones is 2. The molecule has 5 rings (SSSR count). The lowest BCUT2D eigenvalue weighted by atomic mass is 9.88. The van der Waals surface area contributed by atoms with E-state index in [-0.39, 0.29) is 23.7 Å². The Morgan fingerprint density at radius 1 is 0.889 bits per heavy atom. The highest BCUT2D eigenvalue weighted by Crippen LogP contribution is 2.49. The first-order chi connectivity index (χ1) is 17.4. The minimum atomic E-state index is -0.834. The van der Waals surface area contributed by atoms with Crippen LogP contribution in [0.25, 0.3) is 10.9 Å². The first-order valence-electron chi connectivity index (χ1n) is 11.9. The SMILES string of the molecule is COc1cc2nccc(Oc3ccc(CC(=O)C4(C(=O)Cc5ccc(C)cc5)CC4)cc3)c2cc1O. The summed E-state index contributed by atoms with van der Waals surface area (Å²) < 4.78 is 11.2. The molecule has 0 spiro atoms. The molecule has 0 amide bonds. The number of hydrogen-bond acceptors (Lipinski definition) is 6. The maximum atomic E-state index is 13.1. The number of aromatic hydroxyl groups is 1. The fraction of sp³-hybridized carbons (Fsp3) is 0.233. The van der Waals surface area contributed by atoms with Crippen LogP contribution in [0, 0.1) is 12.3 Å². The van der Waals surface area contributed by atoms with Gasteiger partial charge in [-0.05, 0) is 55.2 Å². The summed E-state index contributed by atoms with van der Waals surface area (Å²) in [5.74, 6) is 1.47. The van der Waals surface area contributed by atoms with Gasteiger partial charge in [-0.15, -0.1) is 0 Å². The fourth-order valence-corrected chi connectivity index (χ4v) is 4.44. The van der Waals surface area contributed by atoms with Crippen LogP contribution in [0.2, 0.25) is 0 Å². The Morgan fingerprint density at radius 2 is 1.50 bits per heavy atom. The number of carbonyl (C=O) groups is 2. The first-order valence-corrected chi connectivity index (χ1v) is 11.9. The number of phenolic OH excluding ortho intramolecular Hbond substituents is 1. The molecular formula is C30H27NO5. The maximum absolute atomic E-state index is 13.1. The lowest BCUT2D eigenvalue weighted by Crippen LogP contribution is -2.28. The summed E-state index contributed by atoms with van der Waals surface area (Å²) in [6, 6.07) is 20.1. The molecule has 0 saturated heterocycles. The van der Waals surface area contributed by atoms with Gasteiger partial charge in [-0.3, -0.25) is 14.6 Å². The molecule has 36 heavy (non-hydrogen) atoms. The van der Waals surface area contributed by atoms with Crippen molar-refractivity contribution < 1.29 is 24.2 Å². The Hall–Kier alpha value is -4.19. The Kier molecular flexibility index (Phi) is 6.18. The highest BCUT2D eigenvalue weighted by molar-refractivity contribution is 6.10. The molecule has 1 aliphatic carbocycles. The molecular weight excluding hydrogens is 454 g/mol. The first kappa shape index (κ1) is 23.5. The van der Waals surface area contributed by atoms with E-state index in [2.05, 4.69) is 4.98 Å². The number of hydrogen-bond donors (Lipinski definition) is 1. The summed E-state index contributed by atoms with van der Waals surface area (Å²) in [5.41, 5.74) is 2.73. The second-order valence-corrected chi connectivity index (χ2v) is 9.36. The Morgan fingerprint density at radius 3 is 2.08 bits per heavy atom. The molecule has 0 atom stereocenters. The van der Waals surface area contributed by atoms with Crippen LogP contribution in [0.5, 0.6) is 23.0 Å². The van der Waals surface area contributed by atoms with Crippen molar-refractivity contribution in [3.8, 4) is 23.0 Å². The van der Waals surface area contributed by atoms with Crippen molar-refractivity contribution in [1.82, 2.24) is 4.98 Å². The van der Waals surface area contributed by atoms with E-state index in [4.69, 9.17) is 9.47 Å². The molecule has 1 aliphatic rings. The zero-order valence-corrected chi connectivity index (χ0v) is 20.3. The second-order valence-electron chi connectivity index (χ2n) is 9.36. The monoisotopic (exact) mass is 481 g/mol. The number of Topliss-reactive ketones (excluding diaryl/α,β-unsaturated/α-hetero) is 2. The van der Waals surface area contributed by atoms with Gasteiger partial charge in [0.2, 0.25) is 0 Å². The summed E-state index contributed by atoms with van der Waals surface area (Å²) in [4.78, 5) is 30.4. The molecule has 4 aromatic rings. The number of carbonyl (C=O) groups excluding carboxylic acids is 2. The van der Waals surface area contributed by atoms with Crippen molar-refractivity contribution in [1.29, 1.82) is 0 Å². The number of phenols is 1. The van der Waals surface area contributed by atoms with Gasteiger partial charge in [0.1, 0.15) is 11.5 Å². The third-order valence-corrected chi connectivity index (χ3v) is 6.82. The summed E-state index contributed by atoms with van der Waals surface area (Å²) in [6.07, 6.45) is 3.39. The van der Waals surface area contributed by atoms with Crippen LogP contribution >= 0.6 is 0 Å². The van der Waals surface area contributed by atoms with Crippen LogP contribution < -0.4 is 9.47 Å². The van der Waals surface area contributed by atoms with E-state index in [1.165, 1.54) is 7.11 Å². The van der Waals surface area contributed by atoms with Gasteiger partial charge in [-0.1, -0.05) is 42.0 Å². The molecule has 1 N–H and O–H groups in total. The molecule has 0 aliphatic heterocycles. The summed E-state index contributed by atoms with van der Waals surface area (Å²) in [5, 5.41) is 10.8. The minimum absolute atomic E-state index is 0.00245. The van der Waals surface area contributed by atoms with Crippen molar-refractivity contribution in [3.63, 3.8) is 0 Å². The molecule has 1 saturated carbocycles. The van der Waals surface area contributed by atoms with Gasteiger partial charge in [0.05, 0.1) is 18.0 Å². The third-order valence-electron chi connectivity index (χ3n) is 6.82. The molecule has 0 bridgehead atoms. The van der Waals surface area contributed by atoms with Crippen LogP contribution in [0.1, 0.15) is 29.5 Å². The Bertz CT molecular complexity index is 1440. The molecule has 0 unspecified atom stereocenters. The summed E-state index contributed by atoms with van der Waals surface area (Å²) >= 11 is 0. The molecule has 1 fully saturated rings. The zero-order valence-electron chi connectivity index (χ0n) is 20.3. The van der Waals surface area contributed by atoms with E-state index in [9.17, 15) is 14.7 Å². The maximum Gasteiger partial charge on any atom is 0.162 e. The summed E-state index contributed by atoms with van der Waals surface area (Å²) in [6.45, 7) is 2.01. The van der Waals surface area contributed by atoms with E-state index in [0.717, 1.165) is 16.7 Å². The molecule has 0 radical (unpaired) electrons. The van der Waals surface area contributed by atoms with Crippen LogP contribution in [0.4, 0.5) is 0 Å². The normalized spacial score (nSPS) is 13.8. The lowest BCUT2D eigenvalue weighted by Gasteiger charge is -2.14. The molecule has 1 heterocycles. The smallest absolute Gasteiger partial charge is 0.162 e. The Balaban J connectivity index is 1.26. The van der Waals surface area contributed by atoms with Crippen LogP contribution in [0.3, 0.4) is 0 Å². The average Bonchev–Trinajstić information content (AvgIpc) is 3.69. The van der Waals surface area contributed by atoms with Crippen molar-refractivity contribution in [3.05, 3.63) is 89.6 Å². The minimum Gasteiger partial charge on any atom is -0.504 e. The number of methoxy groups -OCH3 is 1. The summed E-state index contributed by atoms with van der Waals surface area (Å²) in [7, 11) is 1.48. The number of ether oxygens (including phenoxy) is 2. The third kappa shape index (κ3) is 4.67. The highest BCUT2D eigenvalue weighted by atomic mass is 16.5. The largest absolute Gasteiger partial charge is 0.504 e. The average molecular weight is 482 g/mol. The van der Waals surface area contributed by atoms with Gasteiger partial charge in [0, 0.05) is 30.5 Å². The van der Waals surface area contributed by atoms with E-state index in [1.54, 1.807) is 36.5 Å². The quantitative estimate of drug-likeness (QED) is 0.306. The van der Waals surface area contributed by atoms with Gasteiger partial charge in [0.15, 0.2) is 23.1 Å². The van der Waals surface area contributed by atoms with Gasteiger partial charge >= 0.3 is 0 Å². The molecule has 1 aromatic heterocycles. The number of aromatic nitrogens is 1. The predicted molar refractivity (Wildman–Crippen MR) is 137 cm³/mol. The van der Waals surface area contributed by atoms with E-state index in [0.29, 0.717) is 47.4 Å². The van der Waals surface area contributed by atoms with Crippen LogP contribution in [-0.4, -0.2) is 28.8 Å². The van der Waals surface area contributed by atoms with Gasteiger partial charge < -0.3 is 14.6 Å². The topological polar surface area (TPSA) is 85.7 Å². The lowest BCUT2D eigenvalue weighted by molar-refractivity contribution is -0.133.